The van der Waals surface area contributed by atoms with Crippen LogP contribution in [0.4, 0.5) is 10.1 Å². The molecule has 0 spiro atoms. The van der Waals surface area contributed by atoms with Gasteiger partial charge in [-0.3, -0.25) is 9.59 Å². The van der Waals surface area contributed by atoms with Crippen LogP contribution in [0.3, 0.4) is 0 Å². The lowest BCUT2D eigenvalue weighted by Crippen LogP contribution is -2.30. The molecule has 0 heterocycles. The highest BCUT2D eigenvalue weighted by molar-refractivity contribution is 6.33. The minimum Gasteiger partial charge on any atom is -0.452 e. The summed E-state index contributed by atoms with van der Waals surface area (Å²) in [7, 11) is 0. The highest BCUT2D eigenvalue weighted by Gasteiger charge is 2.19. The van der Waals surface area contributed by atoms with Gasteiger partial charge >= 0.3 is 5.97 Å². The number of carbonyl (C=O) groups excluding carboxylic acids is 3. The fraction of sp³-hybridized carbons (Fsp3) is 0.250. The maximum Gasteiger partial charge on any atom is 0.343 e. The minimum absolute atomic E-state index is 0.104. The van der Waals surface area contributed by atoms with Gasteiger partial charge in [0.05, 0.1) is 5.02 Å². The number of halogens is 2. The van der Waals surface area contributed by atoms with E-state index in [-0.39, 0.29) is 10.9 Å². The van der Waals surface area contributed by atoms with E-state index in [1.807, 2.05) is 13.8 Å². The first-order valence-corrected chi connectivity index (χ1v) is 9.05. The number of ether oxygens (including phenoxy) is 1. The highest BCUT2D eigenvalue weighted by atomic mass is 35.5. The maximum atomic E-state index is 13.7. The van der Waals surface area contributed by atoms with Gasteiger partial charge < -0.3 is 15.0 Å². The van der Waals surface area contributed by atoms with E-state index in [2.05, 4.69) is 5.32 Å². The summed E-state index contributed by atoms with van der Waals surface area (Å²) in [5.74, 6) is -2.65. The SMILES string of the molecule is CCN(CC)C(=O)c1cccc(NC(=O)COC(=O)c2c(F)cccc2Cl)c1. The number of nitrogens with one attached hydrogen (secondary N) is 1. The third-order valence-electron chi connectivity index (χ3n) is 3.95. The van der Waals surface area contributed by atoms with Crippen molar-refractivity contribution in [1.82, 2.24) is 4.90 Å². The zero-order valence-electron chi connectivity index (χ0n) is 15.5. The Labute approximate surface area is 167 Å². The normalized spacial score (nSPS) is 10.3. The number of benzene rings is 2. The number of carbonyl (C=O) groups is 3. The van der Waals surface area contributed by atoms with Gasteiger partial charge in [-0.2, -0.15) is 0 Å². The van der Waals surface area contributed by atoms with Crippen LogP contribution in [-0.2, 0) is 9.53 Å². The standard InChI is InChI=1S/C20H20ClFN2O4/c1-3-24(4-2)19(26)13-7-5-8-14(11-13)23-17(25)12-28-20(27)18-15(21)9-6-10-16(18)22/h5-11H,3-4,12H2,1-2H3,(H,23,25). The van der Waals surface area contributed by atoms with Crippen molar-refractivity contribution >= 4 is 35.1 Å². The Balaban J connectivity index is 1.99. The molecule has 2 aromatic carbocycles. The maximum absolute atomic E-state index is 13.7. The zero-order valence-corrected chi connectivity index (χ0v) is 16.3. The van der Waals surface area contributed by atoms with Crippen molar-refractivity contribution in [3.05, 3.63) is 64.4 Å². The van der Waals surface area contributed by atoms with E-state index in [1.165, 1.54) is 18.2 Å². The van der Waals surface area contributed by atoms with Crippen molar-refractivity contribution in [2.24, 2.45) is 0 Å². The molecule has 0 saturated heterocycles. The topological polar surface area (TPSA) is 75.7 Å². The van der Waals surface area contributed by atoms with Crippen LogP contribution in [0.15, 0.2) is 42.5 Å². The number of rotatable bonds is 7. The van der Waals surface area contributed by atoms with Gasteiger partial charge in [-0.05, 0) is 44.2 Å². The van der Waals surface area contributed by atoms with Crippen LogP contribution in [0.5, 0.6) is 0 Å². The summed E-state index contributed by atoms with van der Waals surface area (Å²) in [5.41, 5.74) is 0.378. The van der Waals surface area contributed by atoms with Crippen molar-refractivity contribution in [1.29, 1.82) is 0 Å². The van der Waals surface area contributed by atoms with E-state index in [4.69, 9.17) is 16.3 Å². The third-order valence-corrected chi connectivity index (χ3v) is 4.26. The molecule has 2 amide bonds. The fourth-order valence-corrected chi connectivity index (χ4v) is 2.76. The van der Waals surface area contributed by atoms with E-state index in [0.717, 1.165) is 6.07 Å². The molecule has 148 valence electrons. The molecule has 0 bridgehead atoms. The lowest BCUT2D eigenvalue weighted by Gasteiger charge is -2.19. The quantitative estimate of drug-likeness (QED) is 0.710. The Morgan fingerprint density at radius 1 is 1.11 bits per heavy atom. The Bertz CT molecular complexity index is 864. The molecule has 8 heteroatoms. The average molecular weight is 407 g/mol. The summed E-state index contributed by atoms with van der Waals surface area (Å²) in [6.45, 7) is 4.27. The number of amides is 2. The molecule has 0 fully saturated rings. The van der Waals surface area contributed by atoms with Crippen LogP contribution in [0.2, 0.25) is 5.02 Å². The molecule has 0 aliphatic heterocycles. The zero-order chi connectivity index (χ0) is 20.7. The molecular weight excluding hydrogens is 387 g/mol. The Morgan fingerprint density at radius 3 is 2.43 bits per heavy atom. The first-order chi connectivity index (χ1) is 13.4. The number of anilines is 1. The summed E-state index contributed by atoms with van der Waals surface area (Å²) in [6.07, 6.45) is 0. The van der Waals surface area contributed by atoms with Crippen LogP contribution < -0.4 is 5.32 Å². The van der Waals surface area contributed by atoms with E-state index >= 15 is 0 Å². The largest absolute Gasteiger partial charge is 0.452 e. The molecular formula is C20H20ClFN2O4. The smallest absolute Gasteiger partial charge is 0.343 e. The molecule has 0 unspecified atom stereocenters. The minimum atomic E-state index is -1.04. The first kappa shape index (κ1) is 21.4. The summed E-state index contributed by atoms with van der Waals surface area (Å²) < 4.78 is 18.5. The second kappa shape index (κ2) is 9.85. The van der Waals surface area contributed by atoms with Gasteiger partial charge in [-0.15, -0.1) is 0 Å². The highest BCUT2D eigenvalue weighted by Crippen LogP contribution is 2.20. The predicted octanol–water partition coefficient (Wildman–Crippen LogP) is 3.76. The molecule has 28 heavy (non-hydrogen) atoms. The number of hydrogen-bond acceptors (Lipinski definition) is 4. The summed E-state index contributed by atoms with van der Waals surface area (Å²) in [4.78, 5) is 38.0. The van der Waals surface area contributed by atoms with Crippen molar-refractivity contribution < 1.29 is 23.5 Å². The van der Waals surface area contributed by atoms with Crippen LogP contribution in [0.1, 0.15) is 34.6 Å². The lowest BCUT2D eigenvalue weighted by molar-refractivity contribution is -0.119. The van der Waals surface area contributed by atoms with Gasteiger partial charge in [0.2, 0.25) is 0 Å². The second-order valence-corrected chi connectivity index (χ2v) is 6.19. The van der Waals surface area contributed by atoms with Gasteiger partial charge in [0.1, 0.15) is 11.4 Å². The van der Waals surface area contributed by atoms with Crippen LogP contribution >= 0.6 is 11.6 Å². The van der Waals surface area contributed by atoms with E-state index in [1.54, 1.807) is 23.1 Å². The van der Waals surface area contributed by atoms with Crippen molar-refractivity contribution in [3.8, 4) is 0 Å². The van der Waals surface area contributed by atoms with Gasteiger partial charge in [0, 0.05) is 24.3 Å². The molecule has 0 saturated carbocycles. The summed E-state index contributed by atoms with van der Waals surface area (Å²) in [5, 5.41) is 2.43. The lowest BCUT2D eigenvalue weighted by atomic mass is 10.1. The number of nitrogens with zero attached hydrogens (tertiary/aromatic N) is 1. The van der Waals surface area contributed by atoms with Gasteiger partial charge in [0.15, 0.2) is 6.61 Å². The fourth-order valence-electron chi connectivity index (χ4n) is 2.52. The van der Waals surface area contributed by atoms with Crippen LogP contribution in [-0.4, -0.2) is 42.4 Å². The van der Waals surface area contributed by atoms with Gasteiger partial charge in [0.25, 0.3) is 11.8 Å². The molecule has 0 atom stereocenters. The molecule has 0 radical (unpaired) electrons. The molecule has 0 aliphatic carbocycles. The van der Waals surface area contributed by atoms with Crippen molar-refractivity contribution in [2.75, 3.05) is 25.0 Å². The van der Waals surface area contributed by atoms with Crippen LogP contribution in [0, 0.1) is 5.82 Å². The Kier molecular flexibility index (Phi) is 7.52. The molecule has 0 aliphatic rings. The molecule has 0 aromatic heterocycles. The van der Waals surface area contributed by atoms with Gasteiger partial charge in [-0.1, -0.05) is 23.7 Å². The van der Waals surface area contributed by atoms with Crippen molar-refractivity contribution in [2.45, 2.75) is 13.8 Å². The molecule has 1 N–H and O–H groups in total. The Morgan fingerprint density at radius 2 is 1.79 bits per heavy atom. The number of hydrogen-bond donors (Lipinski definition) is 1. The summed E-state index contributed by atoms with van der Waals surface area (Å²) >= 11 is 5.79. The van der Waals surface area contributed by atoms with Crippen molar-refractivity contribution in [3.63, 3.8) is 0 Å². The monoisotopic (exact) mass is 406 g/mol. The van der Waals surface area contributed by atoms with E-state index < -0.39 is 29.9 Å². The van der Waals surface area contributed by atoms with Crippen LogP contribution in [0.25, 0.3) is 0 Å². The molecule has 2 rings (SSSR count). The molecule has 2 aromatic rings. The molecule has 6 nitrogen and oxygen atoms in total. The first-order valence-electron chi connectivity index (χ1n) is 8.67. The second-order valence-electron chi connectivity index (χ2n) is 5.78. The predicted molar refractivity (Wildman–Crippen MR) is 104 cm³/mol. The third kappa shape index (κ3) is 5.29. The summed E-state index contributed by atoms with van der Waals surface area (Å²) in [6, 6.07) is 10.2. The average Bonchev–Trinajstić information content (AvgIpc) is 2.67. The van der Waals surface area contributed by atoms with E-state index in [0.29, 0.717) is 24.3 Å². The Hall–Kier alpha value is -2.93. The van der Waals surface area contributed by atoms with E-state index in [9.17, 15) is 18.8 Å². The van der Waals surface area contributed by atoms with Gasteiger partial charge in [-0.25, -0.2) is 9.18 Å². The number of esters is 1.